The summed E-state index contributed by atoms with van der Waals surface area (Å²) in [7, 11) is -1.83. The molecule has 0 saturated heterocycles. The third kappa shape index (κ3) is 5.20. The van der Waals surface area contributed by atoms with Crippen molar-refractivity contribution in [2.75, 3.05) is 31.1 Å². The Balaban J connectivity index is 1.79. The van der Waals surface area contributed by atoms with Crippen LogP contribution in [0.5, 0.6) is 5.75 Å². The van der Waals surface area contributed by atoms with Crippen LogP contribution in [0.1, 0.15) is 10.4 Å². The van der Waals surface area contributed by atoms with E-state index in [1.807, 2.05) is 0 Å². The number of halogens is 1. The van der Waals surface area contributed by atoms with E-state index in [0.29, 0.717) is 34.5 Å². The largest absolute Gasteiger partial charge is 0.489 e. The third-order valence-corrected chi connectivity index (χ3v) is 5.68. The van der Waals surface area contributed by atoms with Crippen LogP contribution in [0.2, 0.25) is 0 Å². The summed E-state index contributed by atoms with van der Waals surface area (Å²) in [5, 5.41) is 10.1. The fourth-order valence-corrected chi connectivity index (χ4v) is 3.84. The summed E-state index contributed by atoms with van der Waals surface area (Å²) in [4.78, 5) is 12.8. The number of nitrogens with one attached hydrogen (secondary N) is 2. The van der Waals surface area contributed by atoms with Gasteiger partial charge in [-0.2, -0.15) is 5.10 Å². The van der Waals surface area contributed by atoms with Crippen LogP contribution in [0.15, 0.2) is 59.3 Å². The Hall–Kier alpha value is -3.86. The Kier molecular flexibility index (Phi) is 6.55. The lowest BCUT2D eigenvalue weighted by molar-refractivity contribution is 0.0964. The fourth-order valence-electron chi connectivity index (χ4n) is 3.43. The molecule has 2 aromatic heterocycles. The maximum atomic E-state index is 13.4. The minimum atomic E-state index is -3.33. The van der Waals surface area contributed by atoms with E-state index in [4.69, 9.17) is 9.15 Å². The molecule has 2 heterocycles. The summed E-state index contributed by atoms with van der Waals surface area (Å²) >= 11 is 0. The number of fused-ring (bicyclic) bond motifs is 1. The topological polar surface area (TPSA) is 115 Å². The highest BCUT2D eigenvalue weighted by Gasteiger charge is 2.24. The van der Waals surface area contributed by atoms with Gasteiger partial charge in [0.25, 0.3) is 5.91 Å². The van der Waals surface area contributed by atoms with Crippen LogP contribution in [-0.2, 0) is 16.4 Å². The summed E-state index contributed by atoms with van der Waals surface area (Å²) in [6, 6.07) is 10.6. The molecule has 0 bridgehead atoms. The number of furan rings is 1. The minimum absolute atomic E-state index is 0.249. The van der Waals surface area contributed by atoms with E-state index in [0.717, 1.165) is 6.26 Å². The molecule has 0 aliphatic heterocycles. The number of benzene rings is 2. The molecule has 178 valence electrons. The number of anilines is 1. The Morgan fingerprint density at radius 2 is 2.00 bits per heavy atom. The van der Waals surface area contributed by atoms with Crippen molar-refractivity contribution in [2.45, 2.75) is 6.54 Å². The minimum Gasteiger partial charge on any atom is -0.489 e. The maximum Gasteiger partial charge on any atom is 0.255 e. The molecule has 4 rings (SSSR count). The van der Waals surface area contributed by atoms with E-state index in [9.17, 15) is 17.6 Å². The third-order valence-electron chi connectivity index (χ3n) is 5.01. The van der Waals surface area contributed by atoms with Gasteiger partial charge >= 0.3 is 0 Å². The van der Waals surface area contributed by atoms with Crippen LogP contribution in [0.4, 0.5) is 10.1 Å². The highest BCUT2D eigenvalue weighted by Crippen LogP contribution is 2.39. The summed E-state index contributed by atoms with van der Waals surface area (Å²) in [5.41, 5.74) is 1.51. The number of carbonyl (C=O) groups excluding carboxylic acids is 1. The summed E-state index contributed by atoms with van der Waals surface area (Å²) in [6.45, 7) is 0.712. The fraction of sp³-hybridized carbons (Fsp3) is 0.217. The Morgan fingerprint density at radius 3 is 2.65 bits per heavy atom. The van der Waals surface area contributed by atoms with Crippen LogP contribution < -0.4 is 15.4 Å². The van der Waals surface area contributed by atoms with Gasteiger partial charge in [-0.3, -0.25) is 9.48 Å². The van der Waals surface area contributed by atoms with Crippen molar-refractivity contribution >= 4 is 32.4 Å². The maximum absolute atomic E-state index is 13.4. The van der Waals surface area contributed by atoms with Gasteiger partial charge in [-0.05, 0) is 36.4 Å². The Bertz CT molecular complexity index is 1410. The van der Waals surface area contributed by atoms with Crippen LogP contribution in [0, 0.1) is 5.82 Å². The quantitative estimate of drug-likeness (QED) is 0.373. The first-order chi connectivity index (χ1) is 16.2. The average molecular weight is 487 g/mol. The van der Waals surface area contributed by atoms with E-state index < -0.39 is 21.6 Å². The number of rotatable bonds is 9. The number of amides is 1. The molecule has 11 heteroatoms. The zero-order valence-electron chi connectivity index (χ0n) is 18.5. The first-order valence-electron chi connectivity index (χ1n) is 10.4. The molecule has 0 radical (unpaired) electrons. The Labute approximate surface area is 195 Å². The molecule has 1 amide bonds. The molecule has 0 aliphatic rings. The van der Waals surface area contributed by atoms with Gasteiger partial charge in [0, 0.05) is 42.7 Å². The lowest BCUT2D eigenvalue weighted by Crippen LogP contribution is -2.18. The summed E-state index contributed by atoms with van der Waals surface area (Å²) in [5.74, 6) is -0.516. The van der Waals surface area contributed by atoms with Gasteiger partial charge in [-0.15, -0.1) is 0 Å². The molecular weight excluding hydrogens is 463 g/mol. The normalized spacial score (nSPS) is 11.5. The second-order valence-electron chi connectivity index (χ2n) is 7.60. The second kappa shape index (κ2) is 9.56. The lowest BCUT2D eigenvalue weighted by Gasteiger charge is -2.13. The molecule has 2 aromatic carbocycles. The standard InChI is InChI=1S/C23H23FN4O5S/c1-25-23(29)21-17-12-20(32-11-10-28-9-3-8-27-28)18(26-14-34(2,30)31)13-19(17)33-22(21)15-4-6-16(24)7-5-15/h3-9,12-13,26H,10-11,14H2,1-2H3,(H,25,29). The molecule has 2 N–H and O–H groups in total. The van der Waals surface area contributed by atoms with Crippen LogP contribution in [0.3, 0.4) is 0 Å². The van der Waals surface area contributed by atoms with Crippen molar-refractivity contribution in [1.29, 1.82) is 0 Å². The Morgan fingerprint density at radius 1 is 1.24 bits per heavy atom. The van der Waals surface area contributed by atoms with Gasteiger partial charge in [0.15, 0.2) is 9.84 Å². The molecule has 0 unspecified atom stereocenters. The summed E-state index contributed by atoms with van der Waals surface area (Å²) < 4.78 is 50.5. The predicted octanol–water partition coefficient (Wildman–Crippen LogP) is 3.29. The molecule has 0 spiro atoms. The van der Waals surface area contributed by atoms with Crippen LogP contribution in [0.25, 0.3) is 22.3 Å². The van der Waals surface area contributed by atoms with Gasteiger partial charge in [-0.1, -0.05) is 0 Å². The number of ether oxygens (including phenoxy) is 1. The molecule has 0 aliphatic carbocycles. The molecule has 0 fully saturated rings. The first-order valence-corrected chi connectivity index (χ1v) is 12.4. The summed E-state index contributed by atoms with van der Waals surface area (Å²) in [6.07, 6.45) is 4.56. The van der Waals surface area contributed by atoms with Gasteiger partial charge in [0.05, 0.1) is 17.8 Å². The van der Waals surface area contributed by atoms with Crippen molar-refractivity contribution in [2.24, 2.45) is 0 Å². The van der Waals surface area contributed by atoms with Crippen molar-refractivity contribution in [3.8, 4) is 17.1 Å². The van der Waals surface area contributed by atoms with E-state index >= 15 is 0 Å². The SMILES string of the molecule is CNC(=O)c1c(-c2ccc(F)cc2)oc2cc(NCS(C)(=O)=O)c(OCCn3cccn3)cc12. The smallest absolute Gasteiger partial charge is 0.255 e. The number of sulfone groups is 1. The number of hydrogen-bond acceptors (Lipinski definition) is 7. The number of hydrogen-bond donors (Lipinski definition) is 2. The zero-order valence-corrected chi connectivity index (χ0v) is 19.4. The average Bonchev–Trinajstić information content (AvgIpc) is 3.44. The number of nitrogens with zero attached hydrogens (tertiary/aromatic N) is 2. The highest BCUT2D eigenvalue weighted by atomic mass is 32.2. The van der Waals surface area contributed by atoms with Gasteiger partial charge in [0.1, 0.15) is 35.4 Å². The molecule has 0 atom stereocenters. The van der Waals surface area contributed by atoms with Crippen molar-refractivity contribution < 1.29 is 26.8 Å². The highest BCUT2D eigenvalue weighted by molar-refractivity contribution is 7.90. The zero-order chi connectivity index (χ0) is 24.3. The van der Waals surface area contributed by atoms with Crippen molar-refractivity contribution in [3.05, 3.63) is 66.2 Å². The van der Waals surface area contributed by atoms with E-state index in [1.54, 1.807) is 35.3 Å². The molecular formula is C23H23FN4O5S. The molecule has 4 aromatic rings. The lowest BCUT2D eigenvalue weighted by atomic mass is 10.0. The molecule has 9 nitrogen and oxygen atoms in total. The monoisotopic (exact) mass is 486 g/mol. The van der Waals surface area contributed by atoms with Crippen molar-refractivity contribution in [3.63, 3.8) is 0 Å². The predicted molar refractivity (Wildman–Crippen MR) is 126 cm³/mol. The number of aromatic nitrogens is 2. The number of carbonyl (C=O) groups is 1. The van der Waals surface area contributed by atoms with Crippen molar-refractivity contribution in [1.82, 2.24) is 15.1 Å². The van der Waals surface area contributed by atoms with E-state index in [-0.39, 0.29) is 23.8 Å². The van der Waals surface area contributed by atoms with E-state index in [2.05, 4.69) is 15.7 Å². The van der Waals surface area contributed by atoms with Gasteiger partial charge < -0.3 is 19.8 Å². The van der Waals surface area contributed by atoms with Gasteiger partial charge in [0.2, 0.25) is 0 Å². The van der Waals surface area contributed by atoms with Crippen LogP contribution >= 0.6 is 0 Å². The first kappa shape index (κ1) is 23.3. The molecule has 0 saturated carbocycles. The second-order valence-corrected chi connectivity index (χ2v) is 9.74. The van der Waals surface area contributed by atoms with Crippen LogP contribution in [-0.4, -0.2) is 49.9 Å². The van der Waals surface area contributed by atoms with E-state index in [1.165, 1.54) is 31.3 Å². The van der Waals surface area contributed by atoms with Gasteiger partial charge in [-0.25, -0.2) is 12.8 Å². The molecule has 34 heavy (non-hydrogen) atoms.